The summed E-state index contributed by atoms with van der Waals surface area (Å²) in [4.78, 5) is 34.8. The fraction of sp³-hybridized carbons (Fsp3) is 0.300. The van der Waals surface area contributed by atoms with Crippen LogP contribution in [-0.2, 0) is 16.0 Å². The number of nitrogens with zero attached hydrogens (tertiary/aromatic N) is 3. The van der Waals surface area contributed by atoms with Gasteiger partial charge in [0.05, 0.1) is 17.8 Å². The van der Waals surface area contributed by atoms with Crippen LogP contribution in [0.2, 0.25) is 0 Å². The first-order valence-electron chi connectivity index (χ1n) is 9.08. The summed E-state index contributed by atoms with van der Waals surface area (Å²) in [5, 5.41) is 5.38. The Morgan fingerprint density at radius 2 is 2.18 bits per heavy atom. The SMILES string of the molecule is Cc1nc(-c2cccc(NC(=O)Cc3csc(N4CCCC4=O)n3)c2)oc1C. The van der Waals surface area contributed by atoms with Gasteiger partial charge in [0.2, 0.25) is 17.7 Å². The summed E-state index contributed by atoms with van der Waals surface area (Å²) < 4.78 is 5.65. The molecule has 2 amide bonds. The van der Waals surface area contributed by atoms with Crippen LogP contribution in [0.3, 0.4) is 0 Å². The standard InChI is InChI=1S/C20H20N4O3S/c1-12-13(2)27-19(21-12)14-5-3-6-15(9-14)22-17(25)10-16-11-28-20(23-16)24-8-4-7-18(24)26/h3,5-6,9,11H,4,7-8,10H2,1-2H3,(H,22,25). The monoisotopic (exact) mass is 396 g/mol. The van der Waals surface area contributed by atoms with Crippen molar-refractivity contribution in [3.8, 4) is 11.5 Å². The van der Waals surface area contributed by atoms with E-state index in [2.05, 4.69) is 15.3 Å². The van der Waals surface area contributed by atoms with Gasteiger partial charge in [-0.15, -0.1) is 11.3 Å². The summed E-state index contributed by atoms with van der Waals surface area (Å²) in [7, 11) is 0. The predicted molar refractivity (Wildman–Crippen MR) is 107 cm³/mol. The van der Waals surface area contributed by atoms with Crippen LogP contribution in [-0.4, -0.2) is 28.3 Å². The molecular formula is C20H20N4O3S. The topological polar surface area (TPSA) is 88.3 Å². The van der Waals surface area contributed by atoms with Crippen LogP contribution in [0.25, 0.3) is 11.5 Å². The number of carbonyl (C=O) groups excluding carboxylic acids is 2. The first-order valence-corrected chi connectivity index (χ1v) is 9.96. The Morgan fingerprint density at radius 1 is 1.32 bits per heavy atom. The summed E-state index contributed by atoms with van der Waals surface area (Å²) in [6.07, 6.45) is 1.57. The minimum Gasteiger partial charge on any atom is -0.441 e. The van der Waals surface area contributed by atoms with Crippen molar-refractivity contribution in [3.63, 3.8) is 0 Å². The Kier molecular flexibility index (Phi) is 4.95. The first kappa shape index (κ1) is 18.4. The minimum atomic E-state index is -0.165. The lowest BCUT2D eigenvalue weighted by Gasteiger charge is -2.10. The molecule has 0 spiro atoms. The van der Waals surface area contributed by atoms with E-state index < -0.39 is 0 Å². The zero-order valence-corrected chi connectivity index (χ0v) is 16.5. The van der Waals surface area contributed by atoms with Gasteiger partial charge in [-0.25, -0.2) is 9.97 Å². The summed E-state index contributed by atoms with van der Waals surface area (Å²) in [5.74, 6) is 1.24. The van der Waals surface area contributed by atoms with E-state index in [1.807, 2.05) is 43.5 Å². The number of amides is 2. The van der Waals surface area contributed by atoms with Crippen molar-refractivity contribution >= 4 is 34.0 Å². The molecule has 0 aliphatic carbocycles. The van der Waals surface area contributed by atoms with Gasteiger partial charge in [0.25, 0.3) is 0 Å². The van der Waals surface area contributed by atoms with Crippen molar-refractivity contribution in [3.05, 3.63) is 46.8 Å². The maximum Gasteiger partial charge on any atom is 0.230 e. The fourth-order valence-electron chi connectivity index (χ4n) is 3.05. The van der Waals surface area contributed by atoms with Crippen molar-refractivity contribution < 1.29 is 14.0 Å². The van der Waals surface area contributed by atoms with Crippen LogP contribution in [0.1, 0.15) is 30.0 Å². The number of benzene rings is 1. The molecular weight excluding hydrogens is 376 g/mol. The van der Waals surface area contributed by atoms with Crippen molar-refractivity contribution in [2.24, 2.45) is 0 Å². The van der Waals surface area contributed by atoms with Crippen LogP contribution in [0.5, 0.6) is 0 Å². The highest BCUT2D eigenvalue weighted by atomic mass is 32.1. The summed E-state index contributed by atoms with van der Waals surface area (Å²) >= 11 is 1.40. The quantitative estimate of drug-likeness (QED) is 0.710. The molecule has 2 aromatic heterocycles. The van der Waals surface area contributed by atoms with E-state index in [4.69, 9.17) is 4.42 Å². The van der Waals surface area contributed by atoms with E-state index in [0.717, 1.165) is 23.4 Å². The number of hydrogen-bond acceptors (Lipinski definition) is 6. The van der Waals surface area contributed by atoms with E-state index in [1.54, 1.807) is 4.90 Å². The molecule has 1 aliphatic heterocycles. The number of carbonyl (C=O) groups is 2. The van der Waals surface area contributed by atoms with E-state index in [9.17, 15) is 9.59 Å². The number of anilines is 2. The molecule has 3 heterocycles. The molecule has 1 aliphatic rings. The third kappa shape index (κ3) is 3.82. The lowest BCUT2D eigenvalue weighted by Crippen LogP contribution is -2.23. The average Bonchev–Trinajstić information content (AvgIpc) is 3.36. The Morgan fingerprint density at radius 3 is 2.89 bits per heavy atom. The van der Waals surface area contributed by atoms with Crippen molar-refractivity contribution in [2.75, 3.05) is 16.8 Å². The first-order chi connectivity index (χ1) is 13.5. The third-order valence-electron chi connectivity index (χ3n) is 4.61. The van der Waals surface area contributed by atoms with Crippen LogP contribution in [0, 0.1) is 13.8 Å². The van der Waals surface area contributed by atoms with Crippen LogP contribution >= 0.6 is 11.3 Å². The van der Waals surface area contributed by atoms with E-state index in [-0.39, 0.29) is 18.2 Å². The van der Waals surface area contributed by atoms with Crippen LogP contribution in [0.4, 0.5) is 10.8 Å². The van der Waals surface area contributed by atoms with Gasteiger partial charge in [0.15, 0.2) is 5.13 Å². The molecule has 1 saturated heterocycles. The van der Waals surface area contributed by atoms with Crippen LogP contribution < -0.4 is 10.2 Å². The van der Waals surface area contributed by atoms with E-state index >= 15 is 0 Å². The molecule has 0 saturated carbocycles. The van der Waals surface area contributed by atoms with Gasteiger partial charge in [0, 0.05) is 29.6 Å². The third-order valence-corrected chi connectivity index (χ3v) is 5.52. The molecule has 0 unspecified atom stereocenters. The van der Waals surface area contributed by atoms with Gasteiger partial charge in [0.1, 0.15) is 5.76 Å². The molecule has 0 atom stereocenters. The number of thiazole rings is 1. The lowest BCUT2D eigenvalue weighted by molar-refractivity contribution is -0.117. The van der Waals surface area contributed by atoms with Gasteiger partial charge >= 0.3 is 0 Å². The number of nitrogens with one attached hydrogen (secondary N) is 1. The number of oxazole rings is 1. The Bertz CT molecular complexity index is 1020. The minimum absolute atomic E-state index is 0.0965. The number of hydrogen-bond donors (Lipinski definition) is 1. The summed E-state index contributed by atoms with van der Waals surface area (Å²) in [6.45, 7) is 4.46. The molecule has 28 heavy (non-hydrogen) atoms. The second-order valence-electron chi connectivity index (χ2n) is 6.74. The maximum absolute atomic E-state index is 12.4. The molecule has 8 heteroatoms. The molecule has 7 nitrogen and oxygen atoms in total. The van der Waals surface area contributed by atoms with Crippen LogP contribution in [0.15, 0.2) is 34.1 Å². The largest absolute Gasteiger partial charge is 0.441 e. The normalized spacial score (nSPS) is 13.9. The Labute approximate surface area is 166 Å². The molecule has 0 bridgehead atoms. The Hall–Kier alpha value is -3.00. The Balaban J connectivity index is 1.42. The highest BCUT2D eigenvalue weighted by molar-refractivity contribution is 7.14. The van der Waals surface area contributed by atoms with Crippen molar-refractivity contribution in [1.29, 1.82) is 0 Å². The molecule has 1 aromatic carbocycles. The average molecular weight is 396 g/mol. The van der Waals surface area contributed by atoms with Gasteiger partial charge < -0.3 is 9.73 Å². The second-order valence-corrected chi connectivity index (χ2v) is 7.57. The molecule has 1 fully saturated rings. The molecule has 0 radical (unpaired) electrons. The number of aromatic nitrogens is 2. The highest BCUT2D eigenvalue weighted by Crippen LogP contribution is 2.26. The number of aryl methyl sites for hydroxylation is 2. The van der Waals surface area contributed by atoms with Gasteiger partial charge in [-0.3, -0.25) is 14.5 Å². The molecule has 144 valence electrons. The lowest BCUT2D eigenvalue weighted by atomic mass is 10.2. The zero-order valence-electron chi connectivity index (χ0n) is 15.7. The summed E-state index contributed by atoms with van der Waals surface area (Å²) in [6, 6.07) is 7.39. The molecule has 1 N–H and O–H groups in total. The van der Waals surface area contributed by atoms with Gasteiger partial charge in [-0.1, -0.05) is 6.07 Å². The van der Waals surface area contributed by atoms with E-state index in [0.29, 0.717) is 35.4 Å². The molecule has 3 aromatic rings. The number of rotatable bonds is 5. The van der Waals surface area contributed by atoms with Crippen molar-refractivity contribution in [2.45, 2.75) is 33.1 Å². The smallest absolute Gasteiger partial charge is 0.230 e. The summed E-state index contributed by atoms with van der Waals surface area (Å²) in [5.41, 5.74) is 2.98. The van der Waals surface area contributed by atoms with E-state index in [1.165, 1.54) is 11.3 Å². The molecule has 4 rings (SSSR count). The zero-order chi connectivity index (χ0) is 19.7. The van der Waals surface area contributed by atoms with Gasteiger partial charge in [-0.2, -0.15) is 0 Å². The van der Waals surface area contributed by atoms with Crippen molar-refractivity contribution in [1.82, 2.24) is 9.97 Å². The second kappa shape index (κ2) is 7.55. The predicted octanol–water partition coefficient (Wildman–Crippen LogP) is 3.72. The fourth-order valence-corrected chi connectivity index (χ4v) is 3.92. The maximum atomic E-state index is 12.4. The highest BCUT2D eigenvalue weighted by Gasteiger charge is 2.24. The van der Waals surface area contributed by atoms with Gasteiger partial charge in [-0.05, 0) is 38.5 Å².